The summed E-state index contributed by atoms with van der Waals surface area (Å²) >= 11 is 0. The van der Waals surface area contributed by atoms with Gasteiger partial charge in [-0.1, -0.05) is 0 Å². The summed E-state index contributed by atoms with van der Waals surface area (Å²) in [5.74, 6) is -1.40. The summed E-state index contributed by atoms with van der Waals surface area (Å²) in [6.45, 7) is 0. The molecular formula is C13H8F3NO2. The highest BCUT2D eigenvalue weighted by molar-refractivity contribution is 5.89. The smallest absolute Gasteiger partial charge is 0.416 e. The zero-order valence-electron chi connectivity index (χ0n) is 9.48. The van der Waals surface area contributed by atoms with Gasteiger partial charge in [0.15, 0.2) is 0 Å². The van der Waals surface area contributed by atoms with Crippen LogP contribution < -0.4 is 0 Å². The molecule has 0 radical (unpaired) electrons. The van der Waals surface area contributed by atoms with Gasteiger partial charge in [-0.15, -0.1) is 0 Å². The second-order valence-electron chi connectivity index (χ2n) is 3.84. The fourth-order valence-electron chi connectivity index (χ4n) is 1.63. The SMILES string of the molecule is O=C(O)c1cc(-c2ccncc2)cc(C(F)(F)F)c1. The molecule has 0 saturated carbocycles. The number of nitrogens with zero attached hydrogens (tertiary/aromatic N) is 1. The topological polar surface area (TPSA) is 50.2 Å². The standard InChI is InChI=1S/C13H8F3NO2/c14-13(15,16)11-6-9(5-10(7-11)12(18)19)8-1-3-17-4-2-8/h1-7H,(H,18,19). The van der Waals surface area contributed by atoms with E-state index < -0.39 is 23.3 Å². The number of aromatic nitrogens is 1. The molecule has 0 fully saturated rings. The first-order chi connectivity index (χ1) is 8.88. The molecule has 1 aromatic carbocycles. The molecule has 6 heteroatoms. The van der Waals surface area contributed by atoms with Crippen molar-refractivity contribution in [2.45, 2.75) is 6.18 Å². The fraction of sp³-hybridized carbons (Fsp3) is 0.0769. The second-order valence-corrected chi connectivity index (χ2v) is 3.84. The van der Waals surface area contributed by atoms with Gasteiger partial charge >= 0.3 is 12.1 Å². The Morgan fingerprint density at radius 3 is 2.21 bits per heavy atom. The lowest BCUT2D eigenvalue weighted by Crippen LogP contribution is -2.08. The molecule has 0 atom stereocenters. The van der Waals surface area contributed by atoms with Crippen molar-refractivity contribution < 1.29 is 23.1 Å². The molecule has 1 aromatic heterocycles. The Morgan fingerprint density at radius 2 is 1.68 bits per heavy atom. The summed E-state index contributed by atoms with van der Waals surface area (Å²) < 4.78 is 38.2. The Balaban J connectivity index is 2.62. The number of alkyl halides is 3. The van der Waals surface area contributed by atoms with Crippen molar-refractivity contribution in [2.24, 2.45) is 0 Å². The maximum atomic E-state index is 12.7. The number of halogens is 3. The highest BCUT2D eigenvalue weighted by Gasteiger charge is 2.31. The molecule has 19 heavy (non-hydrogen) atoms. The van der Waals surface area contributed by atoms with Crippen molar-refractivity contribution in [1.29, 1.82) is 0 Å². The lowest BCUT2D eigenvalue weighted by molar-refractivity contribution is -0.137. The molecule has 0 bridgehead atoms. The Kier molecular flexibility index (Phi) is 3.25. The number of hydrogen-bond acceptors (Lipinski definition) is 2. The van der Waals surface area contributed by atoms with Gasteiger partial charge in [-0.2, -0.15) is 13.2 Å². The molecule has 0 saturated heterocycles. The van der Waals surface area contributed by atoms with E-state index in [0.717, 1.165) is 6.07 Å². The minimum Gasteiger partial charge on any atom is -0.478 e. The van der Waals surface area contributed by atoms with Gasteiger partial charge in [0, 0.05) is 12.4 Å². The first-order valence-electron chi connectivity index (χ1n) is 5.24. The van der Waals surface area contributed by atoms with Gasteiger partial charge in [0.2, 0.25) is 0 Å². The molecule has 1 heterocycles. The molecule has 2 aromatic rings. The largest absolute Gasteiger partial charge is 0.478 e. The number of hydrogen-bond donors (Lipinski definition) is 1. The summed E-state index contributed by atoms with van der Waals surface area (Å²) in [7, 11) is 0. The summed E-state index contributed by atoms with van der Waals surface area (Å²) in [6, 6.07) is 5.77. The minimum atomic E-state index is -4.59. The summed E-state index contributed by atoms with van der Waals surface area (Å²) in [5.41, 5.74) is -0.723. The van der Waals surface area contributed by atoms with Crippen LogP contribution in [0.5, 0.6) is 0 Å². The normalized spacial score (nSPS) is 11.3. The van der Waals surface area contributed by atoms with Gasteiger partial charge in [0.1, 0.15) is 0 Å². The van der Waals surface area contributed by atoms with Crippen LogP contribution in [0.2, 0.25) is 0 Å². The molecule has 0 aliphatic rings. The number of pyridine rings is 1. The van der Waals surface area contributed by atoms with E-state index in [1.165, 1.54) is 30.6 Å². The Morgan fingerprint density at radius 1 is 1.05 bits per heavy atom. The van der Waals surface area contributed by atoms with Crippen LogP contribution in [0.4, 0.5) is 13.2 Å². The average Bonchev–Trinajstić information content (AvgIpc) is 2.38. The number of benzene rings is 1. The third-order valence-corrected chi connectivity index (χ3v) is 2.52. The third-order valence-electron chi connectivity index (χ3n) is 2.52. The van der Waals surface area contributed by atoms with Crippen molar-refractivity contribution in [1.82, 2.24) is 4.98 Å². The van der Waals surface area contributed by atoms with E-state index >= 15 is 0 Å². The molecule has 0 spiro atoms. The Labute approximate surface area is 106 Å². The summed E-state index contributed by atoms with van der Waals surface area (Å²) in [6.07, 6.45) is -1.74. The minimum absolute atomic E-state index is 0.189. The molecule has 2 rings (SSSR count). The van der Waals surface area contributed by atoms with E-state index in [1.807, 2.05) is 0 Å². The van der Waals surface area contributed by atoms with E-state index in [1.54, 1.807) is 0 Å². The number of aromatic carboxylic acids is 1. The van der Waals surface area contributed by atoms with Gasteiger partial charge in [0.05, 0.1) is 11.1 Å². The maximum absolute atomic E-state index is 12.7. The zero-order valence-corrected chi connectivity index (χ0v) is 9.48. The van der Waals surface area contributed by atoms with Crippen molar-refractivity contribution in [3.63, 3.8) is 0 Å². The van der Waals surface area contributed by atoms with Crippen LogP contribution in [0.15, 0.2) is 42.7 Å². The van der Waals surface area contributed by atoms with Crippen molar-refractivity contribution in [3.8, 4) is 11.1 Å². The first kappa shape index (κ1) is 13.1. The predicted octanol–water partition coefficient (Wildman–Crippen LogP) is 3.47. The van der Waals surface area contributed by atoms with Crippen molar-refractivity contribution in [3.05, 3.63) is 53.9 Å². The highest BCUT2D eigenvalue weighted by atomic mass is 19.4. The van der Waals surface area contributed by atoms with Gasteiger partial charge in [-0.05, 0) is 41.5 Å². The van der Waals surface area contributed by atoms with Crippen LogP contribution in [0.3, 0.4) is 0 Å². The van der Waals surface area contributed by atoms with E-state index in [9.17, 15) is 18.0 Å². The monoisotopic (exact) mass is 267 g/mol. The van der Waals surface area contributed by atoms with Crippen LogP contribution in [0, 0.1) is 0 Å². The van der Waals surface area contributed by atoms with Gasteiger partial charge in [0.25, 0.3) is 0 Å². The lowest BCUT2D eigenvalue weighted by atomic mass is 10.0. The number of carboxylic acid groups (broad SMARTS) is 1. The van der Waals surface area contributed by atoms with Crippen LogP contribution in [0.25, 0.3) is 11.1 Å². The lowest BCUT2D eigenvalue weighted by Gasteiger charge is -2.10. The Hall–Kier alpha value is -2.37. The Bertz CT molecular complexity index is 609. The summed E-state index contributed by atoms with van der Waals surface area (Å²) in [4.78, 5) is 14.6. The molecule has 0 amide bonds. The molecule has 98 valence electrons. The summed E-state index contributed by atoms with van der Waals surface area (Å²) in [5, 5.41) is 8.87. The van der Waals surface area contributed by atoms with Crippen LogP contribution in [-0.2, 0) is 6.18 Å². The quantitative estimate of drug-likeness (QED) is 0.906. The molecular weight excluding hydrogens is 259 g/mol. The van der Waals surface area contributed by atoms with Gasteiger partial charge < -0.3 is 5.11 Å². The number of rotatable bonds is 2. The molecule has 1 N–H and O–H groups in total. The van der Waals surface area contributed by atoms with Crippen LogP contribution in [0.1, 0.15) is 15.9 Å². The highest BCUT2D eigenvalue weighted by Crippen LogP contribution is 2.33. The van der Waals surface area contributed by atoms with E-state index in [2.05, 4.69) is 4.98 Å². The number of carboxylic acids is 1. The molecule has 0 aliphatic carbocycles. The zero-order chi connectivity index (χ0) is 14.0. The fourth-order valence-corrected chi connectivity index (χ4v) is 1.63. The van der Waals surface area contributed by atoms with Gasteiger partial charge in [-0.25, -0.2) is 4.79 Å². The maximum Gasteiger partial charge on any atom is 0.416 e. The van der Waals surface area contributed by atoms with E-state index in [0.29, 0.717) is 11.6 Å². The predicted molar refractivity (Wildman–Crippen MR) is 61.6 cm³/mol. The average molecular weight is 267 g/mol. The molecule has 3 nitrogen and oxygen atoms in total. The number of carbonyl (C=O) groups is 1. The van der Waals surface area contributed by atoms with E-state index in [4.69, 9.17) is 5.11 Å². The van der Waals surface area contributed by atoms with E-state index in [-0.39, 0.29) is 5.56 Å². The van der Waals surface area contributed by atoms with Crippen molar-refractivity contribution in [2.75, 3.05) is 0 Å². The molecule has 0 aliphatic heterocycles. The van der Waals surface area contributed by atoms with Gasteiger partial charge in [-0.3, -0.25) is 4.98 Å². The van der Waals surface area contributed by atoms with Crippen LogP contribution >= 0.6 is 0 Å². The third kappa shape index (κ3) is 2.90. The first-order valence-corrected chi connectivity index (χ1v) is 5.24. The second kappa shape index (κ2) is 4.72. The van der Waals surface area contributed by atoms with Crippen molar-refractivity contribution >= 4 is 5.97 Å². The van der Waals surface area contributed by atoms with Crippen LogP contribution in [-0.4, -0.2) is 16.1 Å². The molecule has 0 unspecified atom stereocenters.